The van der Waals surface area contributed by atoms with Crippen molar-refractivity contribution in [3.63, 3.8) is 0 Å². The van der Waals surface area contributed by atoms with Crippen LogP contribution in [0.25, 0.3) is 5.57 Å². The zero-order chi connectivity index (χ0) is 10.7. The molecule has 1 aliphatic carbocycles. The van der Waals surface area contributed by atoms with E-state index in [1.54, 1.807) is 6.92 Å². The molecule has 1 aliphatic rings. The molecule has 0 amide bonds. The van der Waals surface area contributed by atoms with Crippen molar-refractivity contribution < 1.29 is 4.79 Å². The number of carbonyl (C=O) groups is 1. The summed E-state index contributed by atoms with van der Waals surface area (Å²) in [5.41, 5.74) is 3.15. The summed E-state index contributed by atoms with van der Waals surface area (Å²) in [6, 6.07) is 7.81. The molecule has 0 spiro atoms. The predicted molar refractivity (Wildman–Crippen MR) is 62.8 cm³/mol. The van der Waals surface area contributed by atoms with Crippen molar-refractivity contribution in [3.05, 3.63) is 53.6 Å². The number of hydrogen-bond donors (Lipinski definition) is 0. The maximum absolute atomic E-state index is 11.2. The summed E-state index contributed by atoms with van der Waals surface area (Å²) in [7, 11) is 0. The van der Waals surface area contributed by atoms with Crippen molar-refractivity contribution in [2.24, 2.45) is 0 Å². The molecule has 1 heteroatoms. The molecule has 76 valence electrons. The molecule has 1 nitrogen and oxygen atoms in total. The first-order chi connectivity index (χ1) is 7.27. The molecule has 0 saturated carbocycles. The van der Waals surface area contributed by atoms with Crippen LogP contribution in [-0.2, 0) is 0 Å². The topological polar surface area (TPSA) is 17.1 Å². The Morgan fingerprint density at radius 3 is 2.80 bits per heavy atom. The lowest BCUT2D eigenvalue weighted by molar-refractivity contribution is 0.101. The quantitative estimate of drug-likeness (QED) is 0.663. The van der Waals surface area contributed by atoms with E-state index in [0.717, 1.165) is 24.0 Å². The van der Waals surface area contributed by atoms with Gasteiger partial charge in [0, 0.05) is 5.56 Å². The fourth-order valence-electron chi connectivity index (χ4n) is 1.75. The van der Waals surface area contributed by atoms with Crippen LogP contribution < -0.4 is 0 Å². The number of allylic oxidation sites excluding steroid dienone is 4. The average Bonchev–Trinajstić information content (AvgIpc) is 2.30. The number of benzene rings is 1. The van der Waals surface area contributed by atoms with Gasteiger partial charge in [0.15, 0.2) is 5.78 Å². The van der Waals surface area contributed by atoms with Gasteiger partial charge >= 0.3 is 0 Å². The predicted octanol–water partition coefficient (Wildman–Crippen LogP) is 3.62. The van der Waals surface area contributed by atoms with Gasteiger partial charge < -0.3 is 0 Å². The molecule has 0 aliphatic heterocycles. The van der Waals surface area contributed by atoms with E-state index in [2.05, 4.69) is 18.2 Å². The molecule has 0 heterocycles. The number of ketones is 1. The Bertz CT molecular complexity index is 438. The molecule has 0 unspecified atom stereocenters. The molecule has 1 aromatic rings. The van der Waals surface area contributed by atoms with Crippen LogP contribution in [0.1, 0.15) is 35.7 Å². The molecule has 15 heavy (non-hydrogen) atoms. The molecule has 1 aromatic carbocycles. The van der Waals surface area contributed by atoms with Crippen molar-refractivity contribution >= 4 is 11.4 Å². The molecule has 0 atom stereocenters. The monoisotopic (exact) mass is 198 g/mol. The van der Waals surface area contributed by atoms with Crippen molar-refractivity contribution in [1.29, 1.82) is 0 Å². The smallest absolute Gasteiger partial charge is 0.159 e. The lowest BCUT2D eigenvalue weighted by Crippen LogP contribution is -1.93. The third-order valence-electron chi connectivity index (χ3n) is 2.60. The Balaban J connectivity index is 2.36. The number of rotatable bonds is 2. The van der Waals surface area contributed by atoms with Crippen molar-refractivity contribution in [3.8, 4) is 0 Å². The van der Waals surface area contributed by atoms with Gasteiger partial charge in [0.05, 0.1) is 0 Å². The van der Waals surface area contributed by atoms with E-state index < -0.39 is 0 Å². The summed E-state index contributed by atoms with van der Waals surface area (Å²) in [6.07, 6.45) is 8.74. The average molecular weight is 198 g/mol. The summed E-state index contributed by atoms with van der Waals surface area (Å²) in [5.74, 6) is 0.122. The first-order valence-electron chi connectivity index (χ1n) is 5.25. The molecule has 0 fully saturated rings. The van der Waals surface area contributed by atoms with E-state index in [4.69, 9.17) is 0 Å². The third-order valence-corrected chi connectivity index (χ3v) is 2.60. The van der Waals surface area contributed by atoms with E-state index in [1.165, 1.54) is 5.57 Å². The van der Waals surface area contributed by atoms with Crippen LogP contribution >= 0.6 is 0 Å². The van der Waals surface area contributed by atoms with Gasteiger partial charge in [-0.05, 0) is 37.0 Å². The van der Waals surface area contributed by atoms with Gasteiger partial charge in [0.2, 0.25) is 0 Å². The van der Waals surface area contributed by atoms with Crippen LogP contribution in [0, 0.1) is 0 Å². The molecule has 0 N–H and O–H groups in total. The Kier molecular flexibility index (Phi) is 2.82. The van der Waals surface area contributed by atoms with Crippen LogP contribution in [0.15, 0.2) is 42.5 Å². The first-order valence-corrected chi connectivity index (χ1v) is 5.25. The van der Waals surface area contributed by atoms with Crippen LogP contribution in [0.5, 0.6) is 0 Å². The van der Waals surface area contributed by atoms with Gasteiger partial charge in [-0.3, -0.25) is 4.79 Å². The van der Waals surface area contributed by atoms with E-state index in [0.29, 0.717) is 0 Å². The van der Waals surface area contributed by atoms with E-state index in [1.807, 2.05) is 24.3 Å². The standard InChI is InChI=1S/C14H14O/c1-11(15)13-8-5-9-14(10-13)12-6-3-2-4-7-12/h3,5-10H,2,4H2,1H3. The Morgan fingerprint density at radius 1 is 1.27 bits per heavy atom. The summed E-state index contributed by atoms with van der Waals surface area (Å²) in [6.45, 7) is 1.60. The summed E-state index contributed by atoms with van der Waals surface area (Å²) in [5, 5.41) is 0. The highest BCUT2D eigenvalue weighted by atomic mass is 16.1. The molecule has 0 radical (unpaired) electrons. The summed E-state index contributed by atoms with van der Waals surface area (Å²) >= 11 is 0. The molecule has 0 saturated heterocycles. The maximum Gasteiger partial charge on any atom is 0.159 e. The second-order valence-corrected chi connectivity index (χ2v) is 3.78. The number of hydrogen-bond acceptors (Lipinski definition) is 1. The van der Waals surface area contributed by atoms with E-state index >= 15 is 0 Å². The zero-order valence-electron chi connectivity index (χ0n) is 8.86. The fraction of sp³-hybridized carbons (Fsp3) is 0.214. The molecule has 2 rings (SSSR count). The Morgan fingerprint density at radius 2 is 2.13 bits per heavy atom. The summed E-state index contributed by atoms with van der Waals surface area (Å²) < 4.78 is 0. The molecule has 0 aromatic heterocycles. The minimum atomic E-state index is 0.122. The van der Waals surface area contributed by atoms with Gasteiger partial charge in [-0.2, -0.15) is 0 Å². The lowest BCUT2D eigenvalue weighted by Gasteiger charge is -2.07. The normalized spacial score (nSPS) is 14.9. The Labute approximate surface area is 90.1 Å². The van der Waals surface area contributed by atoms with Gasteiger partial charge in [-0.1, -0.05) is 36.4 Å². The molecular formula is C14H14O. The van der Waals surface area contributed by atoms with E-state index in [-0.39, 0.29) is 5.78 Å². The van der Waals surface area contributed by atoms with Gasteiger partial charge in [0.1, 0.15) is 0 Å². The molecular weight excluding hydrogens is 184 g/mol. The van der Waals surface area contributed by atoms with Gasteiger partial charge in [-0.15, -0.1) is 0 Å². The highest BCUT2D eigenvalue weighted by Gasteiger charge is 2.04. The van der Waals surface area contributed by atoms with E-state index in [9.17, 15) is 4.79 Å². The first kappa shape index (κ1) is 9.91. The van der Waals surface area contributed by atoms with Crippen LogP contribution in [0.3, 0.4) is 0 Å². The van der Waals surface area contributed by atoms with Crippen molar-refractivity contribution in [2.75, 3.05) is 0 Å². The lowest BCUT2D eigenvalue weighted by atomic mass is 9.97. The third kappa shape index (κ3) is 2.24. The van der Waals surface area contributed by atoms with Crippen molar-refractivity contribution in [1.82, 2.24) is 0 Å². The second-order valence-electron chi connectivity index (χ2n) is 3.78. The molecule has 0 bridgehead atoms. The highest BCUT2D eigenvalue weighted by molar-refractivity contribution is 5.95. The SMILES string of the molecule is CC(=O)c1cccc(C2=CCCC=C2)c1. The van der Waals surface area contributed by atoms with Gasteiger partial charge in [0.25, 0.3) is 0 Å². The Hall–Kier alpha value is -1.63. The van der Waals surface area contributed by atoms with Crippen LogP contribution in [0.4, 0.5) is 0 Å². The van der Waals surface area contributed by atoms with Crippen LogP contribution in [-0.4, -0.2) is 5.78 Å². The number of Topliss-reactive ketones (excluding diaryl/α,β-unsaturated/α-hetero) is 1. The minimum absolute atomic E-state index is 0.122. The second kappa shape index (κ2) is 4.26. The van der Waals surface area contributed by atoms with Crippen molar-refractivity contribution in [2.45, 2.75) is 19.8 Å². The van der Waals surface area contributed by atoms with Crippen LogP contribution in [0.2, 0.25) is 0 Å². The minimum Gasteiger partial charge on any atom is -0.295 e. The summed E-state index contributed by atoms with van der Waals surface area (Å²) in [4.78, 5) is 11.2. The maximum atomic E-state index is 11.2. The largest absolute Gasteiger partial charge is 0.295 e. The van der Waals surface area contributed by atoms with Gasteiger partial charge in [-0.25, -0.2) is 0 Å². The highest BCUT2D eigenvalue weighted by Crippen LogP contribution is 2.22. The fourth-order valence-corrected chi connectivity index (χ4v) is 1.75. The zero-order valence-corrected chi connectivity index (χ0v) is 8.86. The number of carbonyl (C=O) groups excluding carboxylic acids is 1.